The van der Waals surface area contributed by atoms with E-state index in [1.807, 2.05) is 61.5 Å². The molecule has 0 aliphatic rings. The van der Waals surface area contributed by atoms with Crippen molar-refractivity contribution < 1.29 is 9.53 Å². The number of benzene rings is 2. The first kappa shape index (κ1) is 19.3. The van der Waals surface area contributed by atoms with Crippen molar-refractivity contribution in [3.05, 3.63) is 65.2 Å². The molecule has 0 aromatic heterocycles. The highest BCUT2D eigenvalue weighted by Gasteiger charge is 2.14. The fraction of sp³-hybridized carbons (Fsp3) is 0.273. The van der Waals surface area contributed by atoms with Gasteiger partial charge in [0.15, 0.2) is 0 Å². The summed E-state index contributed by atoms with van der Waals surface area (Å²) < 4.78 is 5.69. The van der Waals surface area contributed by atoms with E-state index < -0.39 is 5.91 Å². The van der Waals surface area contributed by atoms with E-state index in [0.717, 1.165) is 17.7 Å². The molecule has 0 saturated carbocycles. The van der Waals surface area contributed by atoms with Crippen LogP contribution in [0.4, 0.5) is 5.69 Å². The molecule has 1 amide bonds. The van der Waals surface area contributed by atoms with E-state index in [9.17, 15) is 10.1 Å². The van der Waals surface area contributed by atoms with Crippen molar-refractivity contribution >= 4 is 17.7 Å². The van der Waals surface area contributed by atoms with Gasteiger partial charge in [-0.3, -0.25) is 4.79 Å². The van der Waals surface area contributed by atoms with Crippen LogP contribution >= 0.6 is 0 Å². The third-order valence-corrected chi connectivity index (χ3v) is 3.88. The first-order valence-corrected chi connectivity index (χ1v) is 8.80. The molecule has 0 atom stereocenters. The Morgan fingerprint density at radius 2 is 1.88 bits per heavy atom. The molecular weight excluding hydrogens is 324 g/mol. The molecule has 0 spiro atoms. The van der Waals surface area contributed by atoms with Gasteiger partial charge >= 0.3 is 0 Å². The van der Waals surface area contributed by atoms with Crippen LogP contribution in [0.3, 0.4) is 0 Å². The van der Waals surface area contributed by atoms with Crippen LogP contribution in [0.2, 0.25) is 0 Å². The Labute approximate surface area is 155 Å². The highest BCUT2D eigenvalue weighted by Crippen LogP contribution is 2.25. The number of para-hydroxylation sites is 2. The lowest BCUT2D eigenvalue weighted by atomic mass is 10.0. The van der Waals surface area contributed by atoms with Gasteiger partial charge in [0.25, 0.3) is 5.91 Å². The van der Waals surface area contributed by atoms with Crippen LogP contribution < -0.4 is 10.1 Å². The molecule has 0 saturated heterocycles. The lowest BCUT2D eigenvalue weighted by Gasteiger charge is -2.13. The summed E-state index contributed by atoms with van der Waals surface area (Å²) in [6, 6.07) is 17.0. The molecule has 4 heteroatoms. The van der Waals surface area contributed by atoms with Crippen molar-refractivity contribution in [2.75, 3.05) is 11.9 Å². The van der Waals surface area contributed by atoms with E-state index in [0.29, 0.717) is 17.9 Å². The molecule has 2 aromatic rings. The molecular formula is C22H24N2O2. The summed E-state index contributed by atoms with van der Waals surface area (Å²) in [7, 11) is 0. The Balaban J connectivity index is 2.28. The van der Waals surface area contributed by atoms with Crippen LogP contribution in [0.25, 0.3) is 6.08 Å². The molecule has 4 nitrogen and oxygen atoms in total. The van der Waals surface area contributed by atoms with E-state index in [4.69, 9.17) is 4.74 Å². The second kappa shape index (κ2) is 9.43. The first-order chi connectivity index (χ1) is 12.6. The Hall–Kier alpha value is -3.06. The molecule has 2 rings (SSSR count). The van der Waals surface area contributed by atoms with Gasteiger partial charge in [-0.2, -0.15) is 5.26 Å². The van der Waals surface area contributed by atoms with Crippen LogP contribution in [-0.4, -0.2) is 12.5 Å². The summed E-state index contributed by atoms with van der Waals surface area (Å²) >= 11 is 0. The van der Waals surface area contributed by atoms with Crippen molar-refractivity contribution in [3.8, 4) is 11.8 Å². The molecule has 0 aliphatic heterocycles. The zero-order valence-corrected chi connectivity index (χ0v) is 15.5. The largest absolute Gasteiger partial charge is 0.493 e. The summed E-state index contributed by atoms with van der Waals surface area (Å²) in [5.41, 5.74) is 2.51. The molecule has 134 valence electrons. The summed E-state index contributed by atoms with van der Waals surface area (Å²) in [4.78, 5) is 12.6. The third-order valence-electron chi connectivity index (χ3n) is 3.88. The standard InChI is InChI=1S/C22H24N2O2/c1-4-13-26-21-12-8-5-9-17(21)14-18(15-23)22(25)24-20-11-7-6-10-19(20)16(2)3/h5-12,14,16H,4,13H2,1-3H3,(H,24,25)/b18-14+. The lowest BCUT2D eigenvalue weighted by molar-refractivity contribution is -0.112. The monoisotopic (exact) mass is 348 g/mol. The number of carbonyl (C=O) groups excluding carboxylic acids is 1. The number of anilines is 1. The number of carbonyl (C=O) groups is 1. The average Bonchev–Trinajstić information content (AvgIpc) is 2.65. The van der Waals surface area contributed by atoms with Gasteiger partial charge in [-0.05, 0) is 36.1 Å². The number of hydrogen-bond donors (Lipinski definition) is 1. The topological polar surface area (TPSA) is 62.1 Å². The predicted octanol–water partition coefficient (Wildman–Crippen LogP) is 5.14. The maximum atomic E-state index is 12.6. The molecule has 0 heterocycles. The molecule has 2 aromatic carbocycles. The van der Waals surface area contributed by atoms with E-state index in [1.165, 1.54) is 0 Å². The van der Waals surface area contributed by atoms with Gasteiger partial charge in [-0.25, -0.2) is 0 Å². The SMILES string of the molecule is CCCOc1ccccc1/C=C(\C#N)C(=O)Nc1ccccc1C(C)C. The number of nitrogens with zero attached hydrogens (tertiary/aromatic N) is 1. The van der Waals surface area contributed by atoms with Gasteiger partial charge in [0.1, 0.15) is 17.4 Å². The Kier molecular flexibility index (Phi) is 6.99. The molecule has 0 unspecified atom stereocenters. The molecule has 0 aliphatic carbocycles. The third kappa shape index (κ3) is 4.97. The van der Waals surface area contributed by atoms with Gasteiger partial charge in [0.2, 0.25) is 0 Å². The smallest absolute Gasteiger partial charge is 0.266 e. The molecule has 0 radical (unpaired) electrons. The minimum Gasteiger partial charge on any atom is -0.493 e. The van der Waals surface area contributed by atoms with Crippen LogP contribution in [0, 0.1) is 11.3 Å². The number of amides is 1. The van der Waals surface area contributed by atoms with Crippen LogP contribution in [0.15, 0.2) is 54.1 Å². The van der Waals surface area contributed by atoms with Crippen molar-refractivity contribution in [1.82, 2.24) is 0 Å². The van der Waals surface area contributed by atoms with E-state index in [1.54, 1.807) is 6.08 Å². The zero-order valence-electron chi connectivity index (χ0n) is 15.5. The second-order valence-electron chi connectivity index (χ2n) is 6.25. The van der Waals surface area contributed by atoms with Gasteiger partial charge in [0.05, 0.1) is 6.61 Å². The highest BCUT2D eigenvalue weighted by atomic mass is 16.5. The molecule has 26 heavy (non-hydrogen) atoms. The number of nitrogens with one attached hydrogen (secondary N) is 1. The highest BCUT2D eigenvalue weighted by molar-refractivity contribution is 6.10. The molecule has 1 N–H and O–H groups in total. The van der Waals surface area contributed by atoms with Gasteiger partial charge in [-0.1, -0.05) is 57.2 Å². The summed E-state index contributed by atoms with van der Waals surface area (Å²) in [5, 5.41) is 12.3. The van der Waals surface area contributed by atoms with Crippen molar-refractivity contribution in [2.45, 2.75) is 33.1 Å². The minimum atomic E-state index is -0.425. The lowest BCUT2D eigenvalue weighted by Crippen LogP contribution is -2.15. The van der Waals surface area contributed by atoms with Gasteiger partial charge < -0.3 is 10.1 Å². The first-order valence-electron chi connectivity index (χ1n) is 8.80. The van der Waals surface area contributed by atoms with Crippen LogP contribution in [-0.2, 0) is 4.79 Å². The summed E-state index contributed by atoms with van der Waals surface area (Å²) in [5.74, 6) is 0.507. The predicted molar refractivity (Wildman–Crippen MR) is 105 cm³/mol. The Morgan fingerprint density at radius 3 is 2.58 bits per heavy atom. The minimum absolute atomic E-state index is 0.0381. The van der Waals surface area contributed by atoms with Gasteiger partial charge in [0, 0.05) is 11.3 Å². The quantitative estimate of drug-likeness (QED) is 0.556. The van der Waals surface area contributed by atoms with Gasteiger partial charge in [-0.15, -0.1) is 0 Å². The van der Waals surface area contributed by atoms with Crippen LogP contribution in [0.5, 0.6) is 5.75 Å². The Morgan fingerprint density at radius 1 is 1.19 bits per heavy atom. The van der Waals surface area contributed by atoms with Crippen LogP contribution in [0.1, 0.15) is 44.2 Å². The van der Waals surface area contributed by atoms with E-state index in [-0.39, 0.29) is 11.5 Å². The number of hydrogen-bond acceptors (Lipinski definition) is 3. The van der Waals surface area contributed by atoms with Crippen molar-refractivity contribution in [3.63, 3.8) is 0 Å². The fourth-order valence-corrected chi connectivity index (χ4v) is 2.55. The molecule has 0 fully saturated rings. The number of nitriles is 1. The van der Waals surface area contributed by atoms with Crippen molar-refractivity contribution in [2.24, 2.45) is 0 Å². The normalized spacial score (nSPS) is 11.1. The molecule has 0 bridgehead atoms. The number of rotatable bonds is 7. The van der Waals surface area contributed by atoms with E-state index in [2.05, 4.69) is 19.2 Å². The second-order valence-corrected chi connectivity index (χ2v) is 6.25. The fourth-order valence-electron chi connectivity index (χ4n) is 2.55. The Bertz CT molecular complexity index is 832. The zero-order chi connectivity index (χ0) is 18.9. The van der Waals surface area contributed by atoms with E-state index >= 15 is 0 Å². The maximum absolute atomic E-state index is 12.6. The number of ether oxygens (including phenoxy) is 1. The maximum Gasteiger partial charge on any atom is 0.266 e. The average molecular weight is 348 g/mol. The van der Waals surface area contributed by atoms with Crippen molar-refractivity contribution in [1.29, 1.82) is 5.26 Å². The summed E-state index contributed by atoms with van der Waals surface area (Å²) in [6.45, 7) is 6.74. The summed E-state index contributed by atoms with van der Waals surface area (Å²) in [6.07, 6.45) is 2.45.